The molecule has 4 rings (SSSR count). The molecule has 2 aromatic heterocycles. The molecule has 0 bridgehead atoms. The highest BCUT2D eigenvalue weighted by atomic mass is 32.1. The van der Waals surface area contributed by atoms with Crippen molar-refractivity contribution in [1.82, 2.24) is 4.98 Å². The smallest absolute Gasteiger partial charge is 0.258 e. The molecule has 0 saturated heterocycles. The van der Waals surface area contributed by atoms with Crippen molar-refractivity contribution in [3.8, 4) is 11.5 Å². The maximum absolute atomic E-state index is 14.5. The van der Waals surface area contributed by atoms with E-state index < -0.39 is 17.5 Å². The maximum atomic E-state index is 14.5. The summed E-state index contributed by atoms with van der Waals surface area (Å²) in [6, 6.07) is 11.0. The van der Waals surface area contributed by atoms with Gasteiger partial charge in [0.2, 0.25) is 0 Å². The number of rotatable bonds is 8. The van der Waals surface area contributed by atoms with Gasteiger partial charge < -0.3 is 13.9 Å². The van der Waals surface area contributed by atoms with Crippen molar-refractivity contribution in [2.45, 2.75) is 13.2 Å². The van der Waals surface area contributed by atoms with E-state index in [1.807, 2.05) is 5.38 Å². The number of carbonyl (C=O) groups excluding carboxylic acids is 1. The Morgan fingerprint density at radius 3 is 2.72 bits per heavy atom. The predicted octanol–water partition coefficient (Wildman–Crippen LogP) is 5.45. The highest BCUT2D eigenvalue weighted by Gasteiger charge is 2.24. The van der Waals surface area contributed by atoms with E-state index >= 15 is 0 Å². The van der Waals surface area contributed by atoms with E-state index in [4.69, 9.17) is 13.9 Å². The summed E-state index contributed by atoms with van der Waals surface area (Å²) in [5.41, 5.74) is 2.64. The van der Waals surface area contributed by atoms with E-state index in [9.17, 15) is 13.6 Å². The Morgan fingerprint density at radius 2 is 2.03 bits per heavy atom. The summed E-state index contributed by atoms with van der Waals surface area (Å²) in [4.78, 5) is 18.7. The van der Waals surface area contributed by atoms with Gasteiger partial charge in [-0.25, -0.2) is 13.8 Å². The molecule has 0 saturated carbocycles. The number of hydrogen-bond acceptors (Lipinski definition) is 6. The van der Waals surface area contributed by atoms with E-state index in [0.717, 1.165) is 17.8 Å². The molecule has 0 unspecified atom stereocenters. The standard InChI is InChI=1S/C23H18F2N2O4S/c1-29-22-9-15(4-7-21(22)31-12-17-13-32-14-26-17)23(28)27(11-18-3-2-8-30-18)20-6-5-16(24)10-19(20)25/h2-10,13-14H,11-12H2,1H3. The quantitative estimate of drug-likeness (QED) is 0.353. The number of halogens is 2. The number of nitrogens with zero attached hydrogens (tertiary/aromatic N) is 2. The number of furan rings is 1. The molecule has 6 nitrogen and oxygen atoms in total. The number of methoxy groups -OCH3 is 1. The Kier molecular flexibility index (Phi) is 6.46. The van der Waals surface area contributed by atoms with Crippen LogP contribution in [0.1, 0.15) is 21.8 Å². The van der Waals surface area contributed by atoms with E-state index in [1.54, 1.807) is 29.8 Å². The van der Waals surface area contributed by atoms with E-state index in [1.165, 1.54) is 41.7 Å². The van der Waals surface area contributed by atoms with Crippen LogP contribution in [0.2, 0.25) is 0 Å². The van der Waals surface area contributed by atoms with E-state index in [0.29, 0.717) is 17.3 Å². The molecule has 0 N–H and O–H groups in total. The van der Waals surface area contributed by atoms with Gasteiger partial charge in [-0.1, -0.05) is 0 Å². The fourth-order valence-corrected chi connectivity index (χ4v) is 3.60. The Hall–Kier alpha value is -3.72. The molecule has 2 aromatic carbocycles. The third-order valence-corrected chi connectivity index (χ3v) is 5.24. The summed E-state index contributed by atoms with van der Waals surface area (Å²) in [6.07, 6.45) is 1.45. The molecule has 2 heterocycles. The zero-order valence-corrected chi connectivity index (χ0v) is 17.8. The molecule has 0 atom stereocenters. The molecule has 0 fully saturated rings. The minimum Gasteiger partial charge on any atom is -0.493 e. The fraction of sp³-hybridized carbons (Fsp3) is 0.130. The SMILES string of the molecule is COc1cc(C(=O)N(Cc2ccco2)c2ccc(F)cc2F)ccc1OCc1cscn1. The van der Waals surface area contributed by atoms with Crippen LogP contribution in [0.4, 0.5) is 14.5 Å². The van der Waals surface area contributed by atoms with Crippen molar-refractivity contribution >= 4 is 22.9 Å². The number of amides is 1. The number of carbonyl (C=O) groups is 1. The summed E-state index contributed by atoms with van der Waals surface area (Å²) < 4.78 is 44.4. The summed E-state index contributed by atoms with van der Waals surface area (Å²) in [5, 5.41) is 1.87. The Balaban J connectivity index is 1.63. The van der Waals surface area contributed by atoms with Crippen LogP contribution >= 0.6 is 11.3 Å². The first kappa shape index (κ1) is 21.5. The van der Waals surface area contributed by atoms with Gasteiger partial charge in [0.25, 0.3) is 5.91 Å². The van der Waals surface area contributed by atoms with Gasteiger partial charge in [0.1, 0.15) is 24.0 Å². The van der Waals surface area contributed by atoms with Gasteiger partial charge in [0, 0.05) is 17.0 Å². The van der Waals surface area contributed by atoms with Crippen molar-refractivity contribution in [2.75, 3.05) is 12.0 Å². The molecule has 9 heteroatoms. The molecular weight excluding hydrogens is 438 g/mol. The normalized spacial score (nSPS) is 10.7. The molecule has 1 amide bonds. The topological polar surface area (TPSA) is 64.8 Å². The lowest BCUT2D eigenvalue weighted by molar-refractivity contribution is 0.0982. The Labute approximate surface area is 186 Å². The van der Waals surface area contributed by atoms with Crippen LogP contribution in [0.3, 0.4) is 0 Å². The number of ether oxygens (including phenoxy) is 2. The van der Waals surface area contributed by atoms with Gasteiger partial charge in [-0.15, -0.1) is 11.3 Å². The maximum Gasteiger partial charge on any atom is 0.258 e. The molecular formula is C23H18F2N2O4S. The van der Waals surface area contributed by atoms with Gasteiger partial charge in [-0.3, -0.25) is 9.69 Å². The Bertz CT molecular complexity index is 1200. The van der Waals surface area contributed by atoms with Gasteiger partial charge in [-0.2, -0.15) is 0 Å². The average molecular weight is 456 g/mol. The first-order chi connectivity index (χ1) is 15.5. The summed E-state index contributed by atoms with van der Waals surface area (Å²) in [7, 11) is 1.46. The lowest BCUT2D eigenvalue weighted by Crippen LogP contribution is -2.31. The molecule has 164 valence electrons. The van der Waals surface area contributed by atoms with Crippen molar-refractivity contribution in [3.05, 3.63) is 94.3 Å². The van der Waals surface area contributed by atoms with Crippen molar-refractivity contribution in [3.63, 3.8) is 0 Å². The molecule has 0 spiro atoms. The summed E-state index contributed by atoms with van der Waals surface area (Å²) >= 11 is 1.46. The van der Waals surface area contributed by atoms with Crippen LogP contribution in [0.25, 0.3) is 0 Å². The average Bonchev–Trinajstić information content (AvgIpc) is 3.50. The van der Waals surface area contributed by atoms with Crippen LogP contribution in [0, 0.1) is 11.6 Å². The van der Waals surface area contributed by atoms with Crippen molar-refractivity contribution in [2.24, 2.45) is 0 Å². The van der Waals surface area contributed by atoms with Gasteiger partial charge in [0.05, 0.1) is 36.8 Å². The second kappa shape index (κ2) is 9.61. The monoisotopic (exact) mass is 456 g/mol. The fourth-order valence-electron chi connectivity index (χ4n) is 3.06. The predicted molar refractivity (Wildman–Crippen MR) is 115 cm³/mol. The third kappa shape index (κ3) is 4.78. The number of anilines is 1. The highest BCUT2D eigenvalue weighted by molar-refractivity contribution is 7.07. The minimum absolute atomic E-state index is 0.0429. The molecule has 32 heavy (non-hydrogen) atoms. The van der Waals surface area contributed by atoms with Crippen LogP contribution in [-0.2, 0) is 13.2 Å². The second-order valence-electron chi connectivity index (χ2n) is 6.70. The van der Waals surface area contributed by atoms with Crippen LogP contribution < -0.4 is 14.4 Å². The number of thiazole rings is 1. The second-order valence-corrected chi connectivity index (χ2v) is 7.42. The highest BCUT2D eigenvalue weighted by Crippen LogP contribution is 2.31. The van der Waals surface area contributed by atoms with Gasteiger partial charge in [0.15, 0.2) is 11.5 Å². The lowest BCUT2D eigenvalue weighted by atomic mass is 10.1. The lowest BCUT2D eigenvalue weighted by Gasteiger charge is -2.23. The van der Waals surface area contributed by atoms with Crippen LogP contribution in [-0.4, -0.2) is 18.0 Å². The van der Waals surface area contributed by atoms with E-state index in [-0.39, 0.29) is 24.4 Å². The first-order valence-corrected chi connectivity index (χ1v) is 10.5. The summed E-state index contributed by atoms with van der Waals surface area (Å²) in [6.45, 7) is 0.206. The van der Waals surface area contributed by atoms with Crippen LogP contribution in [0.5, 0.6) is 11.5 Å². The zero-order valence-electron chi connectivity index (χ0n) is 17.0. The minimum atomic E-state index is -0.861. The third-order valence-electron chi connectivity index (χ3n) is 4.61. The van der Waals surface area contributed by atoms with Crippen molar-refractivity contribution in [1.29, 1.82) is 0 Å². The zero-order chi connectivity index (χ0) is 22.5. The number of hydrogen-bond donors (Lipinski definition) is 0. The molecule has 0 radical (unpaired) electrons. The molecule has 4 aromatic rings. The Morgan fingerprint density at radius 1 is 1.16 bits per heavy atom. The van der Waals surface area contributed by atoms with Crippen LogP contribution in [0.15, 0.2) is 70.1 Å². The molecule has 0 aliphatic heterocycles. The largest absolute Gasteiger partial charge is 0.493 e. The number of benzene rings is 2. The number of aromatic nitrogens is 1. The molecule has 0 aliphatic rings. The summed E-state index contributed by atoms with van der Waals surface area (Å²) in [5.74, 6) is -0.903. The molecule has 0 aliphatic carbocycles. The van der Waals surface area contributed by atoms with E-state index in [2.05, 4.69) is 4.98 Å². The van der Waals surface area contributed by atoms with Gasteiger partial charge in [-0.05, 0) is 42.5 Å². The van der Waals surface area contributed by atoms with Gasteiger partial charge >= 0.3 is 0 Å². The van der Waals surface area contributed by atoms with Crippen molar-refractivity contribution < 1.29 is 27.5 Å². The first-order valence-electron chi connectivity index (χ1n) is 9.52.